The van der Waals surface area contributed by atoms with Crippen molar-refractivity contribution in [2.75, 3.05) is 24.6 Å². The van der Waals surface area contributed by atoms with E-state index in [-0.39, 0.29) is 17.9 Å². The van der Waals surface area contributed by atoms with Crippen molar-refractivity contribution in [3.05, 3.63) is 82.0 Å². The number of aromatic nitrogens is 3. The van der Waals surface area contributed by atoms with Crippen molar-refractivity contribution in [3.63, 3.8) is 0 Å². The summed E-state index contributed by atoms with van der Waals surface area (Å²) in [6.45, 7) is 8.33. The van der Waals surface area contributed by atoms with Gasteiger partial charge in [0, 0.05) is 41.2 Å². The molecule has 4 aromatic rings. The van der Waals surface area contributed by atoms with Gasteiger partial charge in [-0.15, -0.1) is 0 Å². The minimum Gasteiger partial charge on any atom is -0.466 e. The van der Waals surface area contributed by atoms with Crippen LogP contribution in [0.2, 0.25) is 0 Å². The van der Waals surface area contributed by atoms with Gasteiger partial charge in [-0.25, -0.2) is 0 Å². The molecule has 0 unspecified atom stereocenters. The maximum Gasteiger partial charge on any atom is 0.310 e. The summed E-state index contributed by atoms with van der Waals surface area (Å²) in [6.07, 6.45) is 3.19. The van der Waals surface area contributed by atoms with Gasteiger partial charge in [0.25, 0.3) is 5.56 Å². The molecule has 0 N–H and O–H groups in total. The van der Waals surface area contributed by atoms with Gasteiger partial charge in [-0.1, -0.05) is 18.2 Å². The van der Waals surface area contributed by atoms with Gasteiger partial charge in [-0.05, 0) is 63.1 Å². The summed E-state index contributed by atoms with van der Waals surface area (Å²) in [7, 11) is 0. The number of rotatable bonds is 6. The van der Waals surface area contributed by atoms with E-state index in [1.165, 1.54) is 16.8 Å². The number of anilines is 1. The van der Waals surface area contributed by atoms with E-state index in [0.717, 1.165) is 41.1 Å². The predicted octanol–water partition coefficient (Wildman–Crippen LogP) is 4.11. The average Bonchev–Trinajstić information content (AvgIpc) is 3.04. The Labute approximate surface area is 198 Å². The molecule has 1 saturated heterocycles. The van der Waals surface area contributed by atoms with E-state index in [0.29, 0.717) is 17.7 Å². The number of fused-ring (bicyclic) bond motifs is 1. The van der Waals surface area contributed by atoms with E-state index in [2.05, 4.69) is 38.8 Å². The lowest BCUT2D eigenvalue weighted by atomic mass is 10.1. The van der Waals surface area contributed by atoms with Gasteiger partial charge in [0.15, 0.2) is 0 Å². The zero-order chi connectivity index (χ0) is 23.8. The molecule has 0 amide bonds. The van der Waals surface area contributed by atoms with Gasteiger partial charge < -0.3 is 14.2 Å². The Morgan fingerprint density at radius 3 is 2.41 bits per heavy atom. The average molecular weight is 457 g/mol. The fourth-order valence-corrected chi connectivity index (χ4v) is 4.67. The second-order valence-electron chi connectivity index (χ2n) is 8.67. The van der Waals surface area contributed by atoms with Gasteiger partial charge in [0.2, 0.25) is 0 Å². The van der Waals surface area contributed by atoms with Crippen molar-refractivity contribution >= 4 is 22.4 Å². The van der Waals surface area contributed by atoms with Crippen molar-refractivity contribution in [3.8, 4) is 11.4 Å². The highest BCUT2D eigenvalue weighted by atomic mass is 16.5. The molecule has 1 aliphatic rings. The first-order valence-corrected chi connectivity index (χ1v) is 11.7. The third kappa shape index (κ3) is 3.77. The number of nitrogens with zero attached hydrogens (tertiary/aromatic N) is 4. The maximum atomic E-state index is 13.5. The summed E-state index contributed by atoms with van der Waals surface area (Å²) >= 11 is 0. The van der Waals surface area contributed by atoms with Gasteiger partial charge in [-0.3, -0.25) is 9.59 Å². The smallest absolute Gasteiger partial charge is 0.310 e. The van der Waals surface area contributed by atoms with Crippen LogP contribution in [0, 0.1) is 13.8 Å². The van der Waals surface area contributed by atoms with E-state index in [1.54, 1.807) is 13.1 Å². The van der Waals surface area contributed by atoms with E-state index < -0.39 is 0 Å². The minimum atomic E-state index is -0.266. The predicted molar refractivity (Wildman–Crippen MR) is 133 cm³/mol. The summed E-state index contributed by atoms with van der Waals surface area (Å²) < 4.78 is 8.57. The van der Waals surface area contributed by atoms with Crippen molar-refractivity contribution in [2.24, 2.45) is 0 Å². The Balaban J connectivity index is 1.54. The van der Waals surface area contributed by atoms with Crippen LogP contribution in [0.25, 0.3) is 22.1 Å². The van der Waals surface area contributed by atoms with E-state index >= 15 is 0 Å². The second-order valence-corrected chi connectivity index (χ2v) is 8.67. The Morgan fingerprint density at radius 2 is 1.74 bits per heavy atom. The highest BCUT2D eigenvalue weighted by molar-refractivity contribution is 5.88. The first-order valence-electron chi connectivity index (χ1n) is 11.7. The monoisotopic (exact) mass is 456 g/mol. The maximum absolute atomic E-state index is 13.5. The normalized spacial score (nSPS) is 13.2. The summed E-state index contributed by atoms with van der Waals surface area (Å²) in [5.74, 6) is -0.266. The molecule has 7 nitrogen and oxygen atoms in total. The molecular formula is C27H28N4O3. The number of hydrogen-bond donors (Lipinski definition) is 0. The minimum absolute atomic E-state index is 0.158. The van der Waals surface area contributed by atoms with E-state index in [4.69, 9.17) is 4.74 Å². The lowest BCUT2D eigenvalue weighted by molar-refractivity contribution is -0.142. The number of benzene rings is 2. The quantitative estimate of drug-likeness (QED) is 0.409. The number of esters is 1. The molecule has 0 saturated carbocycles. The van der Waals surface area contributed by atoms with Crippen molar-refractivity contribution < 1.29 is 9.53 Å². The van der Waals surface area contributed by atoms with Gasteiger partial charge in [-0.2, -0.15) is 9.78 Å². The zero-order valence-corrected chi connectivity index (χ0v) is 19.7. The van der Waals surface area contributed by atoms with Crippen LogP contribution in [0.15, 0.2) is 59.5 Å². The Hall–Kier alpha value is -3.87. The highest BCUT2D eigenvalue weighted by Crippen LogP contribution is 2.29. The van der Waals surface area contributed by atoms with Crippen LogP contribution in [-0.4, -0.2) is 40.0 Å². The molecule has 2 aromatic carbocycles. The SMILES string of the molecule is CCOC(=O)Cc1ccc(-n2ncc3c(C)n(-c4cccc(N5CCC5)c4)c(C)c3c2=O)cc1. The molecule has 7 heteroatoms. The summed E-state index contributed by atoms with van der Waals surface area (Å²) in [5.41, 5.74) is 5.47. The van der Waals surface area contributed by atoms with Gasteiger partial charge in [0.05, 0.1) is 30.3 Å². The molecule has 1 aliphatic heterocycles. The Bertz CT molecular complexity index is 1430. The molecule has 174 valence electrons. The fourth-order valence-electron chi connectivity index (χ4n) is 4.67. The van der Waals surface area contributed by atoms with Crippen LogP contribution in [0.5, 0.6) is 0 Å². The topological polar surface area (TPSA) is 69.4 Å². The molecule has 0 radical (unpaired) electrons. The van der Waals surface area contributed by atoms with E-state index in [1.807, 2.05) is 38.1 Å². The fraction of sp³-hybridized carbons (Fsp3) is 0.296. The molecule has 1 fully saturated rings. The number of aryl methyl sites for hydroxylation is 2. The van der Waals surface area contributed by atoms with Crippen LogP contribution >= 0.6 is 0 Å². The molecule has 2 aromatic heterocycles. The standard InChI is InChI=1S/C27H28N4O3/c1-4-34-25(32)15-20-9-11-21(12-10-20)31-27(33)26-19(3)30(18(2)24(26)17-28-31)23-8-5-7-22(16-23)29-13-6-14-29/h5,7-12,16-17H,4,6,13-15H2,1-3H3. The van der Waals surface area contributed by atoms with Gasteiger partial charge >= 0.3 is 5.97 Å². The first-order chi connectivity index (χ1) is 16.5. The van der Waals surface area contributed by atoms with Crippen LogP contribution in [0.3, 0.4) is 0 Å². The van der Waals surface area contributed by atoms with Crippen molar-refractivity contribution in [2.45, 2.75) is 33.6 Å². The molecule has 5 rings (SSSR count). The molecule has 0 spiro atoms. The van der Waals surface area contributed by atoms with E-state index in [9.17, 15) is 9.59 Å². The molecule has 0 atom stereocenters. The Kier molecular flexibility index (Phi) is 5.69. The van der Waals surface area contributed by atoms with Gasteiger partial charge in [0.1, 0.15) is 0 Å². The lowest BCUT2D eigenvalue weighted by Gasteiger charge is -2.33. The van der Waals surface area contributed by atoms with Crippen LogP contribution in [-0.2, 0) is 16.0 Å². The molecule has 0 bridgehead atoms. The second kappa shape index (κ2) is 8.82. The Morgan fingerprint density at radius 1 is 1.00 bits per heavy atom. The number of carbonyl (C=O) groups excluding carboxylic acids is 1. The van der Waals surface area contributed by atoms with Crippen LogP contribution in [0.4, 0.5) is 5.69 Å². The largest absolute Gasteiger partial charge is 0.466 e. The lowest BCUT2D eigenvalue weighted by Crippen LogP contribution is -2.36. The number of carbonyl (C=O) groups is 1. The third-order valence-electron chi connectivity index (χ3n) is 6.54. The molecule has 34 heavy (non-hydrogen) atoms. The van der Waals surface area contributed by atoms with Crippen LogP contribution in [0.1, 0.15) is 30.3 Å². The third-order valence-corrected chi connectivity index (χ3v) is 6.54. The first kappa shape index (κ1) is 21.9. The summed E-state index contributed by atoms with van der Waals surface area (Å²) in [5, 5.41) is 5.98. The zero-order valence-electron chi connectivity index (χ0n) is 19.7. The molecule has 0 aliphatic carbocycles. The van der Waals surface area contributed by atoms with Crippen LogP contribution < -0.4 is 10.5 Å². The number of ether oxygens (including phenoxy) is 1. The van der Waals surface area contributed by atoms with Crippen molar-refractivity contribution in [1.82, 2.24) is 14.3 Å². The summed E-state index contributed by atoms with van der Waals surface area (Å²) in [4.78, 5) is 27.6. The highest BCUT2D eigenvalue weighted by Gasteiger charge is 2.20. The van der Waals surface area contributed by atoms with Crippen molar-refractivity contribution in [1.29, 1.82) is 0 Å². The number of hydrogen-bond acceptors (Lipinski definition) is 5. The molecule has 3 heterocycles. The molecular weight excluding hydrogens is 428 g/mol. The summed E-state index contributed by atoms with van der Waals surface area (Å²) in [6, 6.07) is 15.7.